The Hall–Kier alpha value is -1.22. The van der Waals surface area contributed by atoms with Gasteiger partial charge in [-0.1, -0.05) is 18.6 Å². The minimum Gasteiger partial charge on any atom is -0.321 e. The first kappa shape index (κ1) is 11.9. The molecule has 0 fully saturated rings. The average molecular weight is 205 g/mol. The first-order chi connectivity index (χ1) is 7.04. The van der Waals surface area contributed by atoms with Crippen LogP contribution < -0.4 is 5.73 Å². The summed E-state index contributed by atoms with van der Waals surface area (Å²) in [5.74, 6) is 0. The predicted octanol–water partition coefficient (Wildman–Crippen LogP) is 2.31. The highest BCUT2D eigenvalue weighted by atomic mass is 15.1. The fourth-order valence-electron chi connectivity index (χ4n) is 1.55. The summed E-state index contributed by atoms with van der Waals surface area (Å²) in [4.78, 5) is 0. The van der Waals surface area contributed by atoms with Gasteiger partial charge >= 0.3 is 0 Å². The zero-order valence-corrected chi connectivity index (χ0v) is 9.91. The fraction of sp³-hybridized carbons (Fsp3) is 0.500. The Balaban J connectivity index is 3.11. The molecule has 0 bridgehead atoms. The number of aryl methyl sites for hydroxylation is 2. The maximum Gasteiger partial charge on any atom is 0.0679 e. The maximum atomic E-state index is 6.10. The van der Waals surface area contributed by atoms with Crippen LogP contribution in [0.25, 0.3) is 0 Å². The van der Waals surface area contributed by atoms with Crippen molar-refractivity contribution in [1.82, 2.24) is 10.2 Å². The quantitative estimate of drug-likeness (QED) is 0.770. The molecule has 0 aliphatic carbocycles. The fourth-order valence-corrected chi connectivity index (χ4v) is 1.55. The third-order valence-electron chi connectivity index (χ3n) is 2.23. The number of nitrogens with zero attached hydrogens (tertiary/aromatic N) is 2. The molecular weight excluding hydrogens is 186 g/mol. The summed E-state index contributed by atoms with van der Waals surface area (Å²) in [5.41, 5.74) is 10.3. The van der Waals surface area contributed by atoms with Crippen molar-refractivity contribution in [2.24, 2.45) is 5.73 Å². The topological polar surface area (TPSA) is 51.8 Å². The van der Waals surface area contributed by atoms with E-state index < -0.39 is 0 Å². The highest BCUT2D eigenvalue weighted by Gasteiger charge is 2.09. The van der Waals surface area contributed by atoms with Crippen LogP contribution in [0.2, 0.25) is 0 Å². The molecule has 3 heteroatoms. The molecule has 1 aromatic heterocycles. The van der Waals surface area contributed by atoms with Crippen LogP contribution >= 0.6 is 0 Å². The van der Waals surface area contributed by atoms with Crippen LogP contribution in [0.15, 0.2) is 17.7 Å². The summed E-state index contributed by atoms with van der Waals surface area (Å²) >= 11 is 0. The van der Waals surface area contributed by atoms with Crippen molar-refractivity contribution in [2.75, 3.05) is 0 Å². The van der Waals surface area contributed by atoms with Gasteiger partial charge in [0.2, 0.25) is 0 Å². The minimum atomic E-state index is -0.0702. The molecule has 0 aliphatic heterocycles. The van der Waals surface area contributed by atoms with Crippen LogP contribution in [0.1, 0.15) is 43.8 Å². The largest absolute Gasteiger partial charge is 0.321 e. The first-order valence-electron chi connectivity index (χ1n) is 5.28. The van der Waals surface area contributed by atoms with E-state index in [4.69, 9.17) is 5.73 Å². The van der Waals surface area contributed by atoms with Gasteiger partial charge in [0.05, 0.1) is 17.4 Å². The third kappa shape index (κ3) is 3.13. The molecule has 0 aliphatic rings. The Morgan fingerprint density at radius 2 is 2.13 bits per heavy atom. The van der Waals surface area contributed by atoms with E-state index in [1.165, 1.54) is 5.57 Å². The Kier molecular flexibility index (Phi) is 3.97. The van der Waals surface area contributed by atoms with Crippen molar-refractivity contribution in [1.29, 1.82) is 0 Å². The van der Waals surface area contributed by atoms with E-state index in [1.54, 1.807) is 0 Å². The average Bonchev–Trinajstić information content (AvgIpc) is 2.16. The zero-order chi connectivity index (χ0) is 11.4. The van der Waals surface area contributed by atoms with Gasteiger partial charge in [-0.3, -0.25) is 0 Å². The van der Waals surface area contributed by atoms with E-state index in [2.05, 4.69) is 23.2 Å². The first-order valence-corrected chi connectivity index (χ1v) is 5.28. The van der Waals surface area contributed by atoms with Gasteiger partial charge in [-0.25, -0.2) is 0 Å². The lowest BCUT2D eigenvalue weighted by Crippen LogP contribution is -2.12. The van der Waals surface area contributed by atoms with E-state index in [1.807, 2.05) is 26.8 Å². The van der Waals surface area contributed by atoms with Gasteiger partial charge < -0.3 is 5.73 Å². The lowest BCUT2D eigenvalue weighted by Gasteiger charge is -2.12. The summed E-state index contributed by atoms with van der Waals surface area (Å²) in [5, 5.41) is 8.21. The van der Waals surface area contributed by atoms with Crippen molar-refractivity contribution in [2.45, 2.75) is 40.2 Å². The van der Waals surface area contributed by atoms with Crippen molar-refractivity contribution < 1.29 is 0 Å². The Bertz CT molecular complexity index is 365. The van der Waals surface area contributed by atoms with Gasteiger partial charge in [0.1, 0.15) is 0 Å². The van der Waals surface area contributed by atoms with Gasteiger partial charge in [0.25, 0.3) is 0 Å². The number of hydrogen-bond acceptors (Lipinski definition) is 3. The van der Waals surface area contributed by atoms with Crippen LogP contribution in [0.4, 0.5) is 0 Å². The van der Waals surface area contributed by atoms with Crippen molar-refractivity contribution in [3.05, 3.63) is 34.7 Å². The monoisotopic (exact) mass is 205 g/mol. The number of hydrogen-bond donors (Lipinski definition) is 1. The molecular formula is C12H19N3. The normalized spacial score (nSPS) is 12.3. The summed E-state index contributed by atoms with van der Waals surface area (Å²) in [6, 6.07) is 1.95. The van der Waals surface area contributed by atoms with E-state index in [-0.39, 0.29) is 6.04 Å². The second-order valence-electron chi connectivity index (χ2n) is 4.01. The molecule has 82 valence electrons. The van der Waals surface area contributed by atoms with Crippen LogP contribution in [-0.4, -0.2) is 10.2 Å². The second-order valence-corrected chi connectivity index (χ2v) is 4.01. The predicted molar refractivity (Wildman–Crippen MR) is 62.5 cm³/mol. The van der Waals surface area contributed by atoms with Crippen LogP contribution in [0.3, 0.4) is 0 Å². The van der Waals surface area contributed by atoms with E-state index in [0.29, 0.717) is 0 Å². The molecule has 0 saturated heterocycles. The van der Waals surface area contributed by atoms with Crippen LogP contribution in [-0.2, 0) is 6.42 Å². The molecule has 1 rings (SSSR count). The summed E-state index contributed by atoms with van der Waals surface area (Å²) in [7, 11) is 0. The van der Waals surface area contributed by atoms with E-state index >= 15 is 0 Å². The van der Waals surface area contributed by atoms with Gasteiger partial charge in [0, 0.05) is 0 Å². The smallest absolute Gasteiger partial charge is 0.0679 e. The maximum absolute atomic E-state index is 6.10. The second kappa shape index (κ2) is 5.03. The number of aromatic nitrogens is 2. The number of nitrogens with two attached hydrogens (primary N) is 1. The Labute approximate surface area is 91.4 Å². The highest BCUT2D eigenvalue weighted by molar-refractivity contribution is 5.28. The van der Waals surface area contributed by atoms with E-state index in [9.17, 15) is 0 Å². The van der Waals surface area contributed by atoms with Crippen LogP contribution in [0, 0.1) is 6.92 Å². The Morgan fingerprint density at radius 1 is 1.47 bits per heavy atom. The van der Waals surface area contributed by atoms with Crippen molar-refractivity contribution >= 4 is 0 Å². The van der Waals surface area contributed by atoms with Crippen molar-refractivity contribution in [3.8, 4) is 0 Å². The van der Waals surface area contributed by atoms with E-state index in [0.717, 1.165) is 23.4 Å². The van der Waals surface area contributed by atoms with Gasteiger partial charge in [-0.2, -0.15) is 10.2 Å². The number of rotatable bonds is 3. The van der Waals surface area contributed by atoms with Gasteiger partial charge in [-0.05, 0) is 38.8 Å². The van der Waals surface area contributed by atoms with Gasteiger partial charge in [0.15, 0.2) is 0 Å². The standard InChI is InChI=1S/C12H19N3/c1-5-12-10(7-9(4)14-15-12)11(13)6-8(2)3/h6-7,11H,5,13H2,1-4H3. The van der Waals surface area contributed by atoms with Gasteiger partial charge in [-0.15, -0.1) is 0 Å². The third-order valence-corrected chi connectivity index (χ3v) is 2.23. The Morgan fingerprint density at radius 3 is 2.67 bits per heavy atom. The molecule has 3 nitrogen and oxygen atoms in total. The summed E-state index contributed by atoms with van der Waals surface area (Å²) in [6.45, 7) is 8.10. The molecule has 0 amide bonds. The van der Waals surface area contributed by atoms with Crippen LogP contribution in [0.5, 0.6) is 0 Å². The molecule has 2 N–H and O–H groups in total. The molecule has 0 radical (unpaired) electrons. The molecule has 1 unspecified atom stereocenters. The number of allylic oxidation sites excluding steroid dienone is 1. The molecule has 1 aromatic rings. The lowest BCUT2D eigenvalue weighted by atomic mass is 10.0. The SMILES string of the molecule is CCc1nnc(C)cc1C(N)C=C(C)C. The summed E-state index contributed by atoms with van der Waals surface area (Å²) in [6.07, 6.45) is 2.92. The molecule has 0 saturated carbocycles. The molecule has 0 spiro atoms. The minimum absolute atomic E-state index is 0.0702. The highest BCUT2D eigenvalue weighted by Crippen LogP contribution is 2.17. The van der Waals surface area contributed by atoms with Crippen molar-refractivity contribution in [3.63, 3.8) is 0 Å². The lowest BCUT2D eigenvalue weighted by molar-refractivity contribution is 0.802. The summed E-state index contributed by atoms with van der Waals surface area (Å²) < 4.78 is 0. The zero-order valence-electron chi connectivity index (χ0n) is 9.91. The molecule has 0 aromatic carbocycles. The molecule has 1 heterocycles. The molecule has 1 atom stereocenters. The molecule has 15 heavy (non-hydrogen) atoms.